The predicted octanol–water partition coefficient (Wildman–Crippen LogP) is 1.47. The molecular formula is C7H5F2N3. The minimum atomic E-state index is -2.69. The number of halogens is 2. The molecular weight excluding hydrogens is 164 g/mol. The normalized spacial score (nSPS) is 9.83. The van der Waals surface area contributed by atoms with E-state index in [0.29, 0.717) is 0 Å². The Bertz CT molecular complexity index is 330. The second-order valence-corrected chi connectivity index (χ2v) is 2.09. The zero-order valence-electron chi connectivity index (χ0n) is 5.96. The van der Waals surface area contributed by atoms with Gasteiger partial charge in [0.25, 0.3) is 6.43 Å². The van der Waals surface area contributed by atoms with E-state index in [0.717, 1.165) is 6.07 Å². The highest BCUT2D eigenvalue weighted by Gasteiger charge is 2.13. The molecule has 1 aromatic rings. The van der Waals surface area contributed by atoms with Crippen molar-refractivity contribution < 1.29 is 8.78 Å². The van der Waals surface area contributed by atoms with Crippen LogP contribution < -0.4 is 5.73 Å². The maximum atomic E-state index is 12.1. The first-order valence-corrected chi connectivity index (χ1v) is 3.10. The maximum absolute atomic E-state index is 12.1. The van der Waals surface area contributed by atoms with Gasteiger partial charge in [0, 0.05) is 0 Å². The molecule has 0 bridgehead atoms. The molecule has 0 aromatic carbocycles. The average Bonchev–Trinajstić information content (AvgIpc) is 2.03. The number of anilines is 1. The molecule has 0 atom stereocenters. The second kappa shape index (κ2) is 3.13. The smallest absolute Gasteiger partial charge is 0.266 e. The molecule has 0 spiro atoms. The molecule has 0 unspecified atom stereocenters. The SMILES string of the molecule is N#Cc1nc(N)ccc1C(F)F. The van der Waals surface area contributed by atoms with Crippen molar-refractivity contribution in [3.63, 3.8) is 0 Å². The third-order valence-corrected chi connectivity index (χ3v) is 1.29. The molecule has 2 N–H and O–H groups in total. The summed E-state index contributed by atoms with van der Waals surface area (Å²) in [4.78, 5) is 3.45. The summed E-state index contributed by atoms with van der Waals surface area (Å²) in [6, 6.07) is 3.89. The number of rotatable bonds is 1. The molecule has 0 saturated heterocycles. The van der Waals surface area contributed by atoms with Crippen molar-refractivity contribution in [1.82, 2.24) is 4.98 Å². The minimum absolute atomic E-state index is 0.0657. The van der Waals surface area contributed by atoms with Gasteiger partial charge in [-0.15, -0.1) is 0 Å². The van der Waals surface area contributed by atoms with E-state index >= 15 is 0 Å². The van der Waals surface area contributed by atoms with Crippen molar-refractivity contribution in [2.45, 2.75) is 6.43 Å². The lowest BCUT2D eigenvalue weighted by molar-refractivity contribution is 0.150. The Morgan fingerprint density at radius 3 is 2.67 bits per heavy atom. The monoisotopic (exact) mass is 169 g/mol. The molecule has 0 saturated carbocycles. The highest BCUT2D eigenvalue weighted by Crippen LogP contribution is 2.21. The van der Waals surface area contributed by atoms with Crippen LogP contribution in [-0.2, 0) is 0 Å². The molecule has 1 aromatic heterocycles. The zero-order valence-corrected chi connectivity index (χ0v) is 5.96. The van der Waals surface area contributed by atoms with Crippen LogP contribution in [0.3, 0.4) is 0 Å². The first-order valence-electron chi connectivity index (χ1n) is 3.10. The second-order valence-electron chi connectivity index (χ2n) is 2.09. The first kappa shape index (κ1) is 8.40. The summed E-state index contributed by atoms with van der Waals surface area (Å²) in [5.74, 6) is 0.0657. The molecule has 62 valence electrons. The van der Waals surface area contributed by atoms with Crippen LogP contribution in [0.5, 0.6) is 0 Å². The summed E-state index contributed by atoms with van der Waals surface area (Å²) in [5, 5.41) is 8.39. The van der Waals surface area contributed by atoms with Gasteiger partial charge >= 0.3 is 0 Å². The van der Waals surface area contributed by atoms with E-state index in [4.69, 9.17) is 11.0 Å². The molecule has 0 amide bonds. The van der Waals surface area contributed by atoms with E-state index in [9.17, 15) is 8.78 Å². The Kier molecular flexibility index (Phi) is 2.19. The third kappa shape index (κ3) is 1.48. The standard InChI is InChI=1S/C7H5F2N3/c8-7(9)4-1-2-6(11)12-5(4)3-10/h1-2,7H,(H2,11,12). The molecule has 0 aliphatic heterocycles. The largest absolute Gasteiger partial charge is 0.384 e. The Morgan fingerprint density at radius 1 is 1.50 bits per heavy atom. The van der Waals surface area contributed by atoms with E-state index in [1.54, 1.807) is 6.07 Å². The van der Waals surface area contributed by atoms with Crippen molar-refractivity contribution >= 4 is 5.82 Å². The fraction of sp³-hybridized carbons (Fsp3) is 0.143. The summed E-state index contributed by atoms with van der Waals surface area (Å²) in [7, 11) is 0. The summed E-state index contributed by atoms with van der Waals surface area (Å²) in [6.45, 7) is 0. The lowest BCUT2D eigenvalue weighted by Gasteiger charge is -2.01. The van der Waals surface area contributed by atoms with E-state index in [1.807, 2.05) is 0 Å². The summed E-state index contributed by atoms with van der Waals surface area (Å²) >= 11 is 0. The Morgan fingerprint density at radius 2 is 2.17 bits per heavy atom. The predicted molar refractivity (Wildman–Crippen MR) is 38.3 cm³/mol. The average molecular weight is 169 g/mol. The van der Waals surface area contributed by atoms with Crippen LogP contribution >= 0.6 is 0 Å². The van der Waals surface area contributed by atoms with Crippen molar-refractivity contribution in [3.8, 4) is 6.07 Å². The van der Waals surface area contributed by atoms with Crippen LogP contribution in [0.4, 0.5) is 14.6 Å². The molecule has 5 heteroatoms. The molecule has 0 aliphatic rings. The number of alkyl halides is 2. The van der Waals surface area contributed by atoms with E-state index in [1.165, 1.54) is 6.07 Å². The number of pyridine rings is 1. The third-order valence-electron chi connectivity index (χ3n) is 1.29. The van der Waals surface area contributed by atoms with Crippen LogP contribution in [-0.4, -0.2) is 4.98 Å². The van der Waals surface area contributed by atoms with Crippen LogP contribution in [0.1, 0.15) is 17.7 Å². The van der Waals surface area contributed by atoms with Gasteiger partial charge in [0.2, 0.25) is 0 Å². The van der Waals surface area contributed by atoms with Gasteiger partial charge in [-0.05, 0) is 12.1 Å². The van der Waals surface area contributed by atoms with Crippen LogP contribution in [0.25, 0.3) is 0 Å². The summed E-state index contributed by atoms with van der Waals surface area (Å²) in [5.41, 5.74) is 4.50. The number of nitrogen functional groups attached to an aromatic ring is 1. The molecule has 12 heavy (non-hydrogen) atoms. The molecule has 1 rings (SSSR count). The molecule has 0 fully saturated rings. The lowest BCUT2D eigenvalue weighted by atomic mass is 10.2. The number of hydrogen-bond acceptors (Lipinski definition) is 3. The number of nitrogens with zero attached hydrogens (tertiary/aromatic N) is 2. The summed E-state index contributed by atoms with van der Waals surface area (Å²) in [6.07, 6.45) is -2.69. The Labute approximate surface area is 67.4 Å². The first-order chi connectivity index (χ1) is 5.65. The highest BCUT2D eigenvalue weighted by atomic mass is 19.3. The molecule has 0 radical (unpaired) electrons. The van der Waals surface area contributed by atoms with Crippen LogP contribution in [0, 0.1) is 11.3 Å². The topological polar surface area (TPSA) is 62.7 Å². The Hall–Kier alpha value is -1.70. The van der Waals surface area contributed by atoms with Crippen molar-refractivity contribution in [2.24, 2.45) is 0 Å². The van der Waals surface area contributed by atoms with Gasteiger partial charge in [0.15, 0.2) is 5.69 Å². The van der Waals surface area contributed by atoms with Crippen molar-refractivity contribution in [2.75, 3.05) is 5.73 Å². The number of nitriles is 1. The van der Waals surface area contributed by atoms with Gasteiger partial charge in [-0.1, -0.05) is 0 Å². The molecule has 3 nitrogen and oxygen atoms in total. The van der Waals surface area contributed by atoms with E-state index in [2.05, 4.69) is 4.98 Å². The van der Waals surface area contributed by atoms with Crippen molar-refractivity contribution in [3.05, 3.63) is 23.4 Å². The zero-order chi connectivity index (χ0) is 9.14. The lowest BCUT2D eigenvalue weighted by Crippen LogP contribution is -1.98. The van der Waals surface area contributed by atoms with Crippen molar-refractivity contribution in [1.29, 1.82) is 5.26 Å². The highest BCUT2D eigenvalue weighted by molar-refractivity contribution is 5.40. The van der Waals surface area contributed by atoms with Crippen LogP contribution in [0.15, 0.2) is 12.1 Å². The molecule has 0 aliphatic carbocycles. The minimum Gasteiger partial charge on any atom is -0.384 e. The quantitative estimate of drug-likeness (QED) is 0.692. The molecule has 1 heterocycles. The number of aromatic nitrogens is 1. The van der Waals surface area contributed by atoms with Gasteiger partial charge in [0.1, 0.15) is 11.9 Å². The fourth-order valence-electron chi connectivity index (χ4n) is 0.751. The fourth-order valence-corrected chi connectivity index (χ4v) is 0.751. The van der Waals surface area contributed by atoms with E-state index < -0.39 is 6.43 Å². The Balaban J connectivity index is 3.23. The number of nitrogens with two attached hydrogens (primary N) is 1. The van der Waals surface area contributed by atoms with Gasteiger partial charge in [0.05, 0.1) is 5.56 Å². The maximum Gasteiger partial charge on any atom is 0.266 e. The van der Waals surface area contributed by atoms with Gasteiger partial charge in [-0.25, -0.2) is 13.8 Å². The van der Waals surface area contributed by atoms with Gasteiger partial charge in [-0.3, -0.25) is 0 Å². The van der Waals surface area contributed by atoms with Gasteiger partial charge < -0.3 is 5.73 Å². The van der Waals surface area contributed by atoms with E-state index in [-0.39, 0.29) is 17.1 Å². The summed E-state index contributed by atoms with van der Waals surface area (Å²) < 4.78 is 24.2. The van der Waals surface area contributed by atoms with Crippen LogP contribution in [0.2, 0.25) is 0 Å². The van der Waals surface area contributed by atoms with Gasteiger partial charge in [-0.2, -0.15) is 5.26 Å². The number of hydrogen-bond donors (Lipinski definition) is 1.